The van der Waals surface area contributed by atoms with E-state index in [9.17, 15) is 0 Å². The van der Waals surface area contributed by atoms with E-state index in [0.717, 1.165) is 30.9 Å². The first-order chi connectivity index (χ1) is 9.63. The molecule has 1 heterocycles. The first-order valence-electron chi connectivity index (χ1n) is 7.23. The summed E-state index contributed by atoms with van der Waals surface area (Å²) >= 11 is 0. The zero-order valence-corrected chi connectivity index (χ0v) is 12.6. The van der Waals surface area contributed by atoms with Crippen molar-refractivity contribution in [3.63, 3.8) is 0 Å². The van der Waals surface area contributed by atoms with Gasteiger partial charge in [0, 0.05) is 12.8 Å². The Morgan fingerprint density at radius 3 is 2.65 bits per heavy atom. The number of benzene rings is 1. The van der Waals surface area contributed by atoms with E-state index in [2.05, 4.69) is 42.1 Å². The third-order valence-corrected chi connectivity index (χ3v) is 3.54. The van der Waals surface area contributed by atoms with Gasteiger partial charge in [0.25, 0.3) is 0 Å². The van der Waals surface area contributed by atoms with Crippen molar-refractivity contribution >= 4 is 0 Å². The Morgan fingerprint density at radius 1 is 1.20 bits per heavy atom. The molecule has 108 valence electrons. The third-order valence-electron chi connectivity index (χ3n) is 3.54. The zero-order chi connectivity index (χ0) is 14.5. The molecule has 0 aliphatic rings. The summed E-state index contributed by atoms with van der Waals surface area (Å²) in [5.74, 6) is 1.82. The van der Waals surface area contributed by atoms with Crippen LogP contribution in [0.3, 0.4) is 0 Å². The lowest BCUT2D eigenvalue weighted by molar-refractivity contribution is 0.266. The minimum Gasteiger partial charge on any atom is -0.394 e. The van der Waals surface area contributed by atoms with Crippen LogP contribution < -0.4 is 0 Å². The lowest BCUT2D eigenvalue weighted by Crippen LogP contribution is -2.10. The molecular weight excluding hydrogens is 250 g/mol. The maximum atomic E-state index is 9.10. The summed E-state index contributed by atoms with van der Waals surface area (Å²) in [7, 11) is 0. The molecule has 0 spiro atoms. The molecule has 4 nitrogen and oxygen atoms in total. The van der Waals surface area contributed by atoms with Crippen LogP contribution in [0.1, 0.15) is 35.3 Å². The van der Waals surface area contributed by atoms with Gasteiger partial charge in [0.05, 0.1) is 13.2 Å². The number of aliphatic hydroxyl groups is 1. The van der Waals surface area contributed by atoms with E-state index in [1.165, 1.54) is 16.7 Å². The van der Waals surface area contributed by atoms with Gasteiger partial charge >= 0.3 is 0 Å². The van der Waals surface area contributed by atoms with E-state index in [1.54, 1.807) is 0 Å². The van der Waals surface area contributed by atoms with Crippen LogP contribution in [0.2, 0.25) is 0 Å². The van der Waals surface area contributed by atoms with Gasteiger partial charge in [-0.25, -0.2) is 9.67 Å². The number of rotatable bonds is 6. The second-order valence-corrected chi connectivity index (χ2v) is 5.17. The van der Waals surface area contributed by atoms with Crippen LogP contribution in [-0.4, -0.2) is 26.5 Å². The highest BCUT2D eigenvalue weighted by atomic mass is 16.3. The van der Waals surface area contributed by atoms with E-state index in [1.807, 2.05) is 11.6 Å². The SMILES string of the molecule is CCc1nc(CCc2ccc(C)cc2C)n(CCO)n1. The molecular formula is C16H23N3O. The van der Waals surface area contributed by atoms with Gasteiger partial charge in [-0.1, -0.05) is 30.7 Å². The monoisotopic (exact) mass is 273 g/mol. The molecule has 0 saturated carbocycles. The number of aryl methyl sites for hydroxylation is 5. The molecule has 0 saturated heterocycles. The van der Waals surface area contributed by atoms with Gasteiger partial charge < -0.3 is 5.11 Å². The molecule has 0 atom stereocenters. The maximum Gasteiger partial charge on any atom is 0.150 e. The Balaban J connectivity index is 2.11. The van der Waals surface area contributed by atoms with Crippen molar-refractivity contribution in [3.8, 4) is 0 Å². The van der Waals surface area contributed by atoms with Crippen LogP contribution in [0, 0.1) is 13.8 Å². The Morgan fingerprint density at radius 2 is 2.00 bits per heavy atom. The maximum absolute atomic E-state index is 9.10. The van der Waals surface area contributed by atoms with Crippen LogP contribution >= 0.6 is 0 Å². The summed E-state index contributed by atoms with van der Waals surface area (Å²) in [6, 6.07) is 6.56. The Hall–Kier alpha value is -1.68. The predicted molar refractivity (Wildman–Crippen MR) is 79.8 cm³/mol. The second kappa shape index (κ2) is 6.66. The van der Waals surface area contributed by atoms with Crippen LogP contribution in [0.25, 0.3) is 0 Å². The predicted octanol–water partition coefficient (Wildman–Crippen LogP) is 2.23. The molecule has 0 amide bonds. The van der Waals surface area contributed by atoms with Crippen molar-refractivity contribution in [2.24, 2.45) is 0 Å². The van der Waals surface area contributed by atoms with Gasteiger partial charge in [0.1, 0.15) is 5.82 Å². The van der Waals surface area contributed by atoms with Crippen molar-refractivity contribution in [2.75, 3.05) is 6.61 Å². The minimum atomic E-state index is 0.100. The fraction of sp³-hybridized carbons (Fsp3) is 0.500. The van der Waals surface area contributed by atoms with Gasteiger partial charge in [-0.05, 0) is 31.4 Å². The van der Waals surface area contributed by atoms with Gasteiger partial charge in [-0.2, -0.15) is 5.10 Å². The van der Waals surface area contributed by atoms with Crippen molar-refractivity contribution in [1.82, 2.24) is 14.8 Å². The lowest BCUT2D eigenvalue weighted by Gasteiger charge is -2.07. The van der Waals surface area contributed by atoms with Crippen LogP contribution in [0.4, 0.5) is 0 Å². The summed E-state index contributed by atoms with van der Waals surface area (Å²) in [6.07, 6.45) is 2.64. The summed E-state index contributed by atoms with van der Waals surface area (Å²) in [6.45, 7) is 6.94. The number of hydrogen-bond acceptors (Lipinski definition) is 3. The van der Waals surface area contributed by atoms with Gasteiger partial charge in [-0.15, -0.1) is 0 Å². The highest BCUT2D eigenvalue weighted by Crippen LogP contribution is 2.13. The lowest BCUT2D eigenvalue weighted by atomic mass is 10.0. The summed E-state index contributed by atoms with van der Waals surface area (Å²) in [5, 5.41) is 13.5. The number of aromatic nitrogens is 3. The molecule has 0 fully saturated rings. The molecule has 2 rings (SSSR count). The van der Waals surface area contributed by atoms with Crippen molar-refractivity contribution in [1.29, 1.82) is 0 Å². The molecule has 4 heteroatoms. The molecule has 1 aromatic heterocycles. The highest BCUT2D eigenvalue weighted by molar-refractivity contribution is 5.30. The number of nitrogens with zero attached hydrogens (tertiary/aromatic N) is 3. The molecule has 0 radical (unpaired) electrons. The van der Waals surface area contributed by atoms with Crippen molar-refractivity contribution in [3.05, 3.63) is 46.5 Å². The quantitative estimate of drug-likeness (QED) is 0.878. The molecule has 0 aliphatic carbocycles. The fourth-order valence-corrected chi connectivity index (χ4v) is 2.41. The summed E-state index contributed by atoms with van der Waals surface area (Å²) < 4.78 is 1.84. The Labute approximate surface area is 120 Å². The fourth-order valence-electron chi connectivity index (χ4n) is 2.41. The molecule has 0 unspecified atom stereocenters. The molecule has 20 heavy (non-hydrogen) atoms. The molecule has 2 aromatic rings. The minimum absolute atomic E-state index is 0.100. The van der Waals surface area contributed by atoms with E-state index >= 15 is 0 Å². The van der Waals surface area contributed by atoms with E-state index < -0.39 is 0 Å². The van der Waals surface area contributed by atoms with Gasteiger partial charge in [-0.3, -0.25) is 0 Å². The topological polar surface area (TPSA) is 50.9 Å². The third kappa shape index (κ3) is 3.45. The Bertz CT molecular complexity index is 575. The molecule has 1 N–H and O–H groups in total. The Kier molecular flexibility index (Phi) is 4.90. The highest BCUT2D eigenvalue weighted by Gasteiger charge is 2.09. The van der Waals surface area contributed by atoms with Crippen molar-refractivity contribution < 1.29 is 5.11 Å². The molecule has 0 aliphatic heterocycles. The van der Waals surface area contributed by atoms with E-state index in [0.29, 0.717) is 6.54 Å². The van der Waals surface area contributed by atoms with E-state index in [4.69, 9.17) is 5.11 Å². The van der Waals surface area contributed by atoms with Crippen LogP contribution in [0.5, 0.6) is 0 Å². The van der Waals surface area contributed by atoms with E-state index in [-0.39, 0.29) is 6.61 Å². The smallest absolute Gasteiger partial charge is 0.150 e. The summed E-state index contributed by atoms with van der Waals surface area (Å²) in [5.41, 5.74) is 3.98. The first-order valence-corrected chi connectivity index (χ1v) is 7.23. The number of aliphatic hydroxyl groups excluding tert-OH is 1. The van der Waals surface area contributed by atoms with Crippen LogP contribution in [0.15, 0.2) is 18.2 Å². The van der Waals surface area contributed by atoms with Gasteiger partial charge in [0.15, 0.2) is 5.82 Å². The zero-order valence-electron chi connectivity index (χ0n) is 12.6. The average molecular weight is 273 g/mol. The first kappa shape index (κ1) is 14.7. The molecule has 0 bridgehead atoms. The standard InChI is InChI=1S/C16H23N3O/c1-4-15-17-16(19(18-15)9-10-20)8-7-14-6-5-12(2)11-13(14)3/h5-6,11,20H,4,7-10H2,1-3H3. The molecule has 1 aromatic carbocycles. The van der Waals surface area contributed by atoms with Crippen molar-refractivity contribution in [2.45, 2.75) is 46.6 Å². The summed E-state index contributed by atoms with van der Waals surface area (Å²) in [4.78, 5) is 4.55. The number of hydrogen-bond donors (Lipinski definition) is 1. The van der Waals surface area contributed by atoms with Gasteiger partial charge in [0.2, 0.25) is 0 Å². The second-order valence-electron chi connectivity index (χ2n) is 5.17. The average Bonchev–Trinajstić information content (AvgIpc) is 2.81. The normalized spacial score (nSPS) is 11.0. The van der Waals surface area contributed by atoms with Crippen LogP contribution in [-0.2, 0) is 25.8 Å². The largest absolute Gasteiger partial charge is 0.394 e.